The van der Waals surface area contributed by atoms with Crippen molar-refractivity contribution in [2.24, 2.45) is 0 Å². The highest BCUT2D eigenvalue weighted by molar-refractivity contribution is 7.89. The first-order valence-electron chi connectivity index (χ1n) is 8.47. The Morgan fingerprint density at radius 2 is 1.78 bits per heavy atom. The van der Waals surface area contributed by atoms with Gasteiger partial charge in [0.15, 0.2) is 0 Å². The summed E-state index contributed by atoms with van der Waals surface area (Å²) in [5.74, 6) is 0.592. The van der Waals surface area contributed by atoms with Crippen molar-refractivity contribution < 1.29 is 17.9 Å². The first-order valence-corrected chi connectivity index (χ1v) is 9.95. The van der Waals surface area contributed by atoms with Crippen LogP contribution in [0.4, 0.5) is 5.69 Å². The highest BCUT2D eigenvalue weighted by Gasteiger charge is 2.31. The van der Waals surface area contributed by atoms with Crippen LogP contribution >= 0.6 is 0 Å². The van der Waals surface area contributed by atoms with E-state index in [0.29, 0.717) is 22.6 Å². The molecule has 1 heterocycles. The molecular formula is C20H22N2O4S. The lowest BCUT2D eigenvalue weighted by Crippen LogP contribution is -2.23. The molecule has 0 spiro atoms. The van der Waals surface area contributed by atoms with Crippen molar-refractivity contribution in [2.45, 2.75) is 25.3 Å². The molecule has 27 heavy (non-hydrogen) atoms. The summed E-state index contributed by atoms with van der Waals surface area (Å²) < 4.78 is 33.1. The van der Waals surface area contributed by atoms with Crippen molar-refractivity contribution in [1.82, 2.24) is 4.72 Å². The Labute approximate surface area is 159 Å². The Kier molecular flexibility index (Phi) is 5.08. The number of anilines is 1. The number of carbonyl (C=O) groups excluding carboxylic acids is 1. The Bertz CT molecular complexity index is 1020. The maximum Gasteiger partial charge on any atom is 0.258 e. The van der Waals surface area contributed by atoms with Crippen LogP contribution in [0.2, 0.25) is 0 Å². The van der Waals surface area contributed by atoms with Gasteiger partial charge in [-0.2, -0.15) is 0 Å². The number of likely N-dealkylation sites (N-methyl/N-ethyl adjacent to an activating group) is 1. The highest BCUT2D eigenvalue weighted by Crippen LogP contribution is 2.38. The van der Waals surface area contributed by atoms with E-state index in [1.54, 1.807) is 55.5 Å². The minimum Gasteiger partial charge on any atom is -0.497 e. The molecule has 1 N–H and O–H groups in total. The van der Waals surface area contributed by atoms with Crippen LogP contribution in [0.3, 0.4) is 0 Å². The van der Waals surface area contributed by atoms with Gasteiger partial charge in [-0.15, -0.1) is 0 Å². The summed E-state index contributed by atoms with van der Waals surface area (Å²) in [6.07, 6.45) is 0. The number of allylic oxidation sites excluding steroid dienone is 1. The molecular weight excluding hydrogens is 364 g/mol. The number of hydrogen-bond donors (Lipinski definition) is 1. The fraction of sp³-hybridized carbons (Fsp3) is 0.250. The van der Waals surface area contributed by atoms with E-state index in [1.807, 2.05) is 13.8 Å². The third kappa shape index (κ3) is 3.61. The molecule has 0 aromatic heterocycles. The zero-order valence-corrected chi connectivity index (χ0v) is 16.6. The first kappa shape index (κ1) is 19.1. The van der Waals surface area contributed by atoms with Gasteiger partial charge in [-0.05, 0) is 49.7 Å². The molecule has 0 unspecified atom stereocenters. The number of methoxy groups -OCH3 is 1. The molecule has 0 aliphatic carbocycles. The summed E-state index contributed by atoms with van der Waals surface area (Å²) in [6, 6.07) is 11.9. The second kappa shape index (κ2) is 7.17. The van der Waals surface area contributed by atoms with Gasteiger partial charge in [0, 0.05) is 24.7 Å². The minimum absolute atomic E-state index is 0.120. The molecule has 0 bridgehead atoms. The van der Waals surface area contributed by atoms with Crippen LogP contribution in [0.25, 0.3) is 5.57 Å². The van der Waals surface area contributed by atoms with E-state index in [-0.39, 0.29) is 17.3 Å². The fourth-order valence-corrected chi connectivity index (χ4v) is 4.10. The lowest BCUT2D eigenvalue weighted by molar-refractivity contribution is -0.112. The van der Waals surface area contributed by atoms with Crippen LogP contribution in [-0.2, 0) is 21.4 Å². The number of rotatable bonds is 5. The van der Waals surface area contributed by atoms with E-state index >= 15 is 0 Å². The van der Waals surface area contributed by atoms with Gasteiger partial charge in [0.25, 0.3) is 5.91 Å². The second-order valence-corrected chi connectivity index (χ2v) is 8.36. The summed E-state index contributed by atoms with van der Waals surface area (Å²) in [7, 11) is -0.448. The van der Waals surface area contributed by atoms with Gasteiger partial charge in [0.2, 0.25) is 10.0 Å². The zero-order valence-electron chi connectivity index (χ0n) is 15.7. The van der Waals surface area contributed by atoms with Gasteiger partial charge in [-0.25, -0.2) is 13.1 Å². The molecule has 142 valence electrons. The molecule has 2 aromatic carbocycles. The SMILES string of the molecule is COc1ccc(CNS(=O)(=O)c2ccc3c(c2)C(=C(C)C)C(=O)N3C)cc1. The van der Waals surface area contributed by atoms with E-state index in [4.69, 9.17) is 4.74 Å². The predicted molar refractivity (Wildman–Crippen MR) is 105 cm³/mol. The number of benzene rings is 2. The van der Waals surface area contributed by atoms with Crippen molar-refractivity contribution in [2.75, 3.05) is 19.1 Å². The lowest BCUT2D eigenvalue weighted by atomic mass is 10.0. The van der Waals surface area contributed by atoms with E-state index in [9.17, 15) is 13.2 Å². The van der Waals surface area contributed by atoms with Gasteiger partial charge in [0.1, 0.15) is 5.75 Å². The summed E-state index contributed by atoms with van der Waals surface area (Å²) in [6.45, 7) is 3.86. The molecule has 1 aliphatic rings. The topological polar surface area (TPSA) is 75.7 Å². The summed E-state index contributed by atoms with van der Waals surface area (Å²) in [5.41, 5.74) is 3.59. The molecule has 2 aromatic rings. The average Bonchev–Trinajstić information content (AvgIpc) is 2.91. The third-order valence-electron chi connectivity index (χ3n) is 4.55. The largest absolute Gasteiger partial charge is 0.497 e. The molecule has 0 saturated carbocycles. The Hall–Kier alpha value is -2.64. The molecule has 0 radical (unpaired) electrons. The quantitative estimate of drug-likeness (QED) is 0.802. The Morgan fingerprint density at radius 1 is 1.11 bits per heavy atom. The summed E-state index contributed by atoms with van der Waals surface area (Å²) >= 11 is 0. The summed E-state index contributed by atoms with van der Waals surface area (Å²) in [4.78, 5) is 14.1. The van der Waals surface area contributed by atoms with Gasteiger partial charge in [-0.3, -0.25) is 4.79 Å². The predicted octanol–water partition coefficient (Wildman–Crippen LogP) is 2.94. The van der Waals surface area contributed by atoms with E-state index in [1.165, 1.54) is 6.07 Å². The molecule has 1 aliphatic heterocycles. The second-order valence-electron chi connectivity index (χ2n) is 6.59. The molecule has 6 nitrogen and oxygen atoms in total. The van der Waals surface area contributed by atoms with Crippen molar-refractivity contribution in [3.63, 3.8) is 0 Å². The number of carbonyl (C=O) groups is 1. The molecule has 0 atom stereocenters. The Morgan fingerprint density at radius 3 is 2.37 bits per heavy atom. The molecule has 7 heteroatoms. The number of amides is 1. The van der Waals surface area contributed by atoms with Crippen LogP contribution in [0, 0.1) is 0 Å². The van der Waals surface area contributed by atoms with Crippen LogP contribution in [0.15, 0.2) is 52.9 Å². The number of nitrogens with one attached hydrogen (secondary N) is 1. The smallest absolute Gasteiger partial charge is 0.258 e. The number of hydrogen-bond acceptors (Lipinski definition) is 4. The number of fused-ring (bicyclic) bond motifs is 1. The van der Waals surface area contributed by atoms with Gasteiger partial charge in [-0.1, -0.05) is 17.7 Å². The average molecular weight is 386 g/mol. The molecule has 0 fully saturated rings. The van der Waals surface area contributed by atoms with Crippen LogP contribution in [-0.4, -0.2) is 28.5 Å². The van der Waals surface area contributed by atoms with Gasteiger partial charge < -0.3 is 9.64 Å². The monoisotopic (exact) mass is 386 g/mol. The van der Waals surface area contributed by atoms with Crippen LogP contribution < -0.4 is 14.4 Å². The first-order chi connectivity index (χ1) is 12.7. The van der Waals surface area contributed by atoms with E-state index in [0.717, 1.165) is 11.1 Å². The van der Waals surface area contributed by atoms with Crippen molar-refractivity contribution >= 4 is 27.2 Å². The highest BCUT2D eigenvalue weighted by atomic mass is 32.2. The zero-order chi connectivity index (χ0) is 19.8. The van der Waals surface area contributed by atoms with E-state index < -0.39 is 10.0 Å². The fourth-order valence-electron chi connectivity index (χ4n) is 3.06. The van der Waals surface area contributed by atoms with Crippen LogP contribution in [0.1, 0.15) is 25.0 Å². The number of ether oxygens (including phenoxy) is 1. The normalized spacial score (nSPS) is 13.7. The standard InChI is InChI=1S/C20H22N2O4S/c1-13(2)19-17-11-16(9-10-18(17)22(3)20(19)23)27(24,25)21-12-14-5-7-15(26-4)8-6-14/h5-11,21H,12H2,1-4H3. The molecule has 0 saturated heterocycles. The van der Waals surface area contributed by atoms with Crippen molar-refractivity contribution in [3.05, 3.63) is 59.2 Å². The maximum atomic E-state index is 12.7. The van der Waals surface area contributed by atoms with Gasteiger partial charge >= 0.3 is 0 Å². The maximum absolute atomic E-state index is 12.7. The van der Waals surface area contributed by atoms with Gasteiger partial charge in [0.05, 0.1) is 17.7 Å². The summed E-state index contributed by atoms with van der Waals surface area (Å²) in [5, 5.41) is 0. The van der Waals surface area contributed by atoms with Crippen molar-refractivity contribution in [1.29, 1.82) is 0 Å². The van der Waals surface area contributed by atoms with E-state index in [2.05, 4.69) is 4.72 Å². The molecule has 3 rings (SSSR count). The number of sulfonamides is 1. The Balaban J connectivity index is 1.88. The molecule has 1 amide bonds. The minimum atomic E-state index is -3.71. The lowest BCUT2D eigenvalue weighted by Gasteiger charge is -2.11. The van der Waals surface area contributed by atoms with Crippen molar-refractivity contribution in [3.8, 4) is 5.75 Å². The number of nitrogens with zero attached hydrogens (tertiary/aromatic N) is 1. The van der Waals surface area contributed by atoms with Crippen LogP contribution in [0.5, 0.6) is 5.75 Å². The third-order valence-corrected chi connectivity index (χ3v) is 5.95.